The first kappa shape index (κ1) is 15.8. The SMILES string of the molecule is CCN(CC(=O)Nc1c(Cl)cccc1Cl)C(=O)CO. The van der Waals surface area contributed by atoms with Gasteiger partial charge in [-0.1, -0.05) is 29.3 Å². The van der Waals surface area contributed by atoms with Crippen LogP contribution in [0.5, 0.6) is 0 Å². The van der Waals surface area contributed by atoms with Crippen molar-refractivity contribution in [3.8, 4) is 0 Å². The number of likely N-dealkylation sites (N-methyl/N-ethyl adjacent to an activating group) is 1. The van der Waals surface area contributed by atoms with Crippen molar-refractivity contribution in [1.29, 1.82) is 0 Å². The molecule has 1 rings (SSSR count). The molecular weight excluding hydrogens is 291 g/mol. The lowest BCUT2D eigenvalue weighted by Crippen LogP contribution is -2.39. The van der Waals surface area contributed by atoms with Gasteiger partial charge in [-0.05, 0) is 19.1 Å². The van der Waals surface area contributed by atoms with Crippen LogP contribution < -0.4 is 5.32 Å². The van der Waals surface area contributed by atoms with Crippen LogP contribution in [0.15, 0.2) is 18.2 Å². The third kappa shape index (κ3) is 4.38. The van der Waals surface area contributed by atoms with Crippen LogP contribution >= 0.6 is 23.2 Å². The molecule has 1 aromatic rings. The molecule has 0 aliphatic heterocycles. The quantitative estimate of drug-likeness (QED) is 0.871. The maximum Gasteiger partial charge on any atom is 0.248 e. The Labute approximate surface area is 121 Å². The number of halogens is 2. The smallest absolute Gasteiger partial charge is 0.248 e. The van der Waals surface area contributed by atoms with E-state index in [9.17, 15) is 9.59 Å². The summed E-state index contributed by atoms with van der Waals surface area (Å²) in [4.78, 5) is 24.3. The third-order valence-corrected chi connectivity index (χ3v) is 3.06. The molecule has 0 aromatic heterocycles. The third-order valence-electron chi connectivity index (χ3n) is 2.43. The molecular formula is C12H14Cl2N2O3. The Morgan fingerprint density at radius 2 is 1.89 bits per heavy atom. The molecule has 0 aliphatic carbocycles. The van der Waals surface area contributed by atoms with Crippen molar-refractivity contribution in [2.45, 2.75) is 6.92 Å². The topological polar surface area (TPSA) is 69.6 Å². The molecule has 0 unspecified atom stereocenters. The number of aliphatic hydroxyl groups is 1. The van der Waals surface area contributed by atoms with E-state index in [4.69, 9.17) is 28.3 Å². The summed E-state index contributed by atoms with van der Waals surface area (Å²) in [5.41, 5.74) is 0.309. The van der Waals surface area contributed by atoms with E-state index in [0.29, 0.717) is 22.3 Å². The van der Waals surface area contributed by atoms with E-state index < -0.39 is 18.4 Å². The number of carbonyl (C=O) groups excluding carboxylic acids is 2. The number of hydrogen-bond acceptors (Lipinski definition) is 3. The minimum Gasteiger partial charge on any atom is -0.387 e. The molecule has 5 nitrogen and oxygen atoms in total. The summed E-state index contributed by atoms with van der Waals surface area (Å²) in [6.07, 6.45) is 0. The number of amides is 2. The van der Waals surface area contributed by atoms with Gasteiger partial charge in [-0.25, -0.2) is 0 Å². The second-order valence-corrected chi connectivity index (χ2v) is 4.53. The zero-order valence-corrected chi connectivity index (χ0v) is 11.8. The number of nitrogens with one attached hydrogen (secondary N) is 1. The van der Waals surface area contributed by atoms with Crippen LogP contribution in [0.1, 0.15) is 6.92 Å². The van der Waals surface area contributed by atoms with Crippen LogP contribution in [0.25, 0.3) is 0 Å². The number of benzene rings is 1. The van der Waals surface area contributed by atoms with Crippen molar-refractivity contribution in [2.24, 2.45) is 0 Å². The maximum absolute atomic E-state index is 11.8. The number of rotatable bonds is 5. The van der Waals surface area contributed by atoms with Gasteiger partial charge in [0, 0.05) is 6.54 Å². The molecule has 7 heteroatoms. The van der Waals surface area contributed by atoms with Crippen LogP contribution in [0.2, 0.25) is 10.0 Å². The molecule has 0 fully saturated rings. The summed E-state index contributed by atoms with van der Waals surface area (Å²) in [6, 6.07) is 4.85. The zero-order chi connectivity index (χ0) is 14.4. The number of hydrogen-bond donors (Lipinski definition) is 2. The summed E-state index contributed by atoms with van der Waals surface area (Å²) in [6.45, 7) is 1.23. The lowest BCUT2D eigenvalue weighted by molar-refractivity contribution is -0.136. The fourth-order valence-corrected chi connectivity index (χ4v) is 1.94. The Morgan fingerprint density at radius 3 is 2.37 bits per heavy atom. The van der Waals surface area contributed by atoms with Crippen LogP contribution in [0.4, 0.5) is 5.69 Å². The zero-order valence-electron chi connectivity index (χ0n) is 10.3. The molecule has 2 N–H and O–H groups in total. The van der Waals surface area contributed by atoms with Gasteiger partial charge in [0.2, 0.25) is 11.8 Å². The van der Waals surface area contributed by atoms with Gasteiger partial charge in [-0.3, -0.25) is 9.59 Å². The molecule has 0 heterocycles. The van der Waals surface area contributed by atoms with Crippen molar-refractivity contribution < 1.29 is 14.7 Å². The second kappa shape index (κ2) is 7.33. The Kier molecular flexibility index (Phi) is 6.08. The summed E-state index contributed by atoms with van der Waals surface area (Å²) < 4.78 is 0. The van der Waals surface area contributed by atoms with E-state index in [-0.39, 0.29) is 6.54 Å². The van der Waals surface area contributed by atoms with Gasteiger partial charge < -0.3 is 15.3 Å². The van der Waals surface area contributed by atoms with E-state index in [2.05, 4.69) is 5.32 Å². The molecule has 104 valence electrons. The predicted molar refractivity (Wildman–Crippen MR) is 74.4 cm³/mol. The maximum atomic E-state index is 11.8. The second-order valence-electron chi connectivity index (χ2n) is 3.71. The highest BCUT2D eigenvalue weighted by Gasteiger charge is 2.16. The van der Waals surface area contributed by atoms with Crippen LogP contribution in [-0.4, -0.2) is 41.5 Å². The summed E-state index contributed by atoms with van der Waals surface area (Å²) in [5, 5.41) is 11.9. The van der Waals surface area contributed by atoms with Crippen molar-refractivity contribution in [2.75, 3.05) is 25.0 Å². The fourth-order valence-electron chi connectivity index (χ4n) is 1.45. The number of aliphatic hydroxyl groups excluding tert-OH is 1. The molecule has 19 heavy (non-hydrogen) atoms. The molecule has 0 saturated carbocycles. The molecule has 0 aliphatic rings. The van der Waals surface area contributed by atoms with E-state index in [0.717, 1.165) is 0 Å². The molecule has 1 aromatic carbocycles. The Bertz CT molecular complexity index is 460. The number of nitrogens with zero attached hydrogens (tertiary/aromatic N) is 1. The highest BCUT2D eigenvalue weighted by molar-refractivity contribution is 6.39. The van der Waals surface area contributed by atoms with Gasteiger partial charge >= 0.3 is 0 Å². The first-order valence-corrected chi connectivity index (χ1v) is 6.37. The van der Waals surface area contributed by atoms with Gasteiger partial charge in [0.15, 0.2) is 0 Å². The lowest BCUT2D eigenvalue weighted by Gasteiger charge is -2.19. The van der Waals surface area contributed by atoms with Crippen molar-refractivity contribution in [3.05, 3.63) is 28.2 Å². The van der Waals surface area contributed by atoms with Crippen LogP contribution in [0.3, 0.4) is 0 Å². The van der Waals surface area contributed by atoms with Crippen molar-refractivity contribution >= 4 is 40.7 Å². The highest BCUT2D eigenvalue weighted by Crippen LogP contribution is 2.29. The Morgan fingerprint density at radius 1 is 1.32 bits per heavy atom. The van der Waals surface area contributed by atoms with E-state index >= 15 is 0 Å². The summed E-state index contributed by atoms with van der Waals surface area (Å²) >= 11 is 11.8. The van der Waals surface area contributed by atoms with Gasteiger partial charge in [-0.2, -0.15) is 0 Å². The summed E-state index contributed by atoms with van der Waals surface area (Å²) in [5.74, 6) is -0.943. The van der Waals surface area contributed by atoms with Crippen LogP contribution in [0, 0.1) is 0 Å². The molecule has 0 bridgehead atoms. The molecule has 2 amide bonds. The Balaban J connectivity index is 2.72. The average Bonchev–Trinajstić information content (AvgIpc) is 2.39. The molecule has 0 radical (unpaired) electrons. The number of para-hydroxylation sites is 1. The van der Waals surface area contributed by atoms with Crippen LogP contribution in [-0.2, 0) is 9.59 Å². The largest absolute Gasteiger partial charge is 0.387 e. The average molecular weight is 305 g/mol. The fraction of sp³-hybridized carbons (Fsp3) is 0.333. The van der Waals surface area contributed by atoms with Crippen molar-refractivity contribution in [1.82, 2.24) is 4.90 Å². The molecule has 0 atom stereocenters. The first-order chi connectivity index (χ1) is 8.99. The number of carbonyl (C=O) groups is 2. The van der Waals surface area contributed by atoms with Gasteiger partial charge in [0.25, 0.3) is 0 Å². The van der Waals surface area contributed by atoms with Gasteiger partial charge in [0.1, 0.15) is 6.61 Å². The molecule has 0 spiro atoms. The van der Waals surface area contributed by atoms with Crippen molar-refractivity contribution in [3.63, 3.8) is 0 Å². The predicted octanol–water partition coefficient (Wildman–Crippen LogP) is 1.77. The normalized spacial score (nSPS) is 10.1. The standard InChI is InChI=1S/C12H14Cl2N2O3/c1-2-16(11(19)7-17)6-10(18)15-12-8(13)4-3-5-9(12)14/h3-5,17H,2,6-7H2,1H3,(H,15,18). The lowest BCUT2D eigenvalue weighted by atomic mass is 10.3. The minimum atomic E-state index is -0.631. The highest BCUT2D eigenvalue weighted by atomic mass is 35.5. The van der Waals surface area contributed by atoms with Gasteiger partial charge in [-0.15, -0.1) is 0 Å². The minimum absolute atomic E-state index is 0.169. The first-order valence-electron chi connectivity index (χ1n) is 5.62. The van der Waals surface area contributed by atoms with E-state index in [1.54, 1.807) is 25.1 Å². The monoisotopic (exact) mass is 304 g/mol. The molecule has 0 saturated heterocycles. The number of anilines is 1. The van der Waals surface area contributed by atoms with E-state index in [1.807, 2.05) is 0 Å². The summed E-state index contributed by atoms with van der Waals surface area (Å²) in [7, 11) is 0. The Hall–Kier alpha value is -1.30. The van der Waals surface area contributed by atoms with E-state index in [1.165, 1.54) is 4.90 Å². The van der Waals surface area contributed by atoms with Gasteiger partial charge in [0.05, 0.1) is 22.3 Å².